The minimum absolute atomic E-state index is 0.169. The van der Waals surface area contributed by atoms with Crippen molar-refractivity contribution in [1.29, 1.82) is 0 Å². The summed E-state index contributed by atoms with van der Waals surface area (Å²) in [6.45, 7) is 4.23. The maximum atomic E-state index is 6.26. The molecule has 0 atom stereocenters. The Kier molecular flexibility index (Phi) is 3.97. The van der Waals surface area contributed by atoms with E-state index >= 15 is 0 Å². The van der Waals surface area contributed by atoms with Gasteiger partial charge in [0.15, 0.2) is 0 Å². The molecule has 0 bridgehead atoms. The van der Waals surface area contributed by atoms with Gasteiger partial charge in [-0.2, -0.15) is 0 Å². The van der Waals surface area contributed by atoms with Crippen LogP contribution in [0.4, 0.5) is 5.69 Å². The normalized spacial score (nSPS) is 10.9. The Bertz CT molecular complexity index is 709. The van der Waals surface area contributed by atoms with Crippen LogP contribution in [0.5, 0.6) is 0 Å². The zero-order valence-electron chi connectivity index (χ0n) is 13.1. The van der Waals surface area contributed by atoms with Gasteiger partial charge in [0.05, 0.1) is 0 Å². The first-order chi connectivity index (χ1) is 10.6. The van der Waals surface area contributed by atoms with Gasteiger partial charge in [0.25, 0.3) is 0 Å². The summed E-state index contributed by atoms with van der Waals surface area (Å²) in [6, 6.07) is 25.6. The highest BCUT2D eigenvalue weighted by Gasteiger charge is 2.18. The fourth-order valence-electron chi connectivity index (χ4n) is 2.84. The van der Waals surface area contributed by atoms with E-state index in [-0.39, 0.29) is 5.92 Å². The number of nitrogens with two attached hydrogens (primary N) is 1. The molecule has 110 valence electrons. The van der Waals surface area contributed by atoms with Crippen LogP contribution < -0.4 is 5.73 Å². The molecule has 0 heterocycles. The minimum Gasteiger partial charge on any atom is -0.398 e. The summed E-state index contributed by atoms with van der Waals surface area (Å²) in [4.78, 5) is 0. The molecule has 0 aliphatic rings. The van der Waals surface area contributed by atoms with Gasteiger partial charge in [-0.15, -0.1) is 0 Å². The minimum atomic E-state index is 0.169. The van der Waals surface area contributed by atoms with Crippen LogP contribution in [0, 0.1) is 13.8 Å². The maximum Gasteiger partial charge on any atom is 0.0360 e. The van der Waals surface area contributed by atoms with Gasteiger partial charge in [-0.1, -0.05) is 77.9 Å². The van der Waals surface area contributed by atoms with Crippen LogP contribution in [0.25, 0.3) is 0 Å². The molecule has 3 rings (SSSR count). The first kappa shape index (κ1) is 14.4. The Morgan fingerprint density at radius 3 is 1.55 bits per heavy atom. The van der Waals surface area contributed by atoms with Gasteiger partial charge in [-0.05, 0) is 36.6 Å². The second kappa shape index (κ2) is 6.07. The summed E-state index contributed by atoms with van der Waals surface area (Å²) >= 11 is 0. The number of aryl methyl sites for hydroxylation is 2. The molecule has 0 saturated carbocycles. The van der Waals surface area contributed by atoms with Crippen LogP contribution in [0.1, 0.15) is 33.7 Å². The zero-order chi connectivity index (χ0) is 15.5. The van der Waals surface area contributed by atoms with E-state index in [1.54, 1.807) is 0 Å². The monoisotopic (exact) mass is 287 g/mol. The Hall–Kier alpha value is -2.54. The van der Waals surface area contributed by atoms with E-state index in [0.29, 0.717) is 0 Å². The van der Waals surface area contributed by atoms with Gasteiger partial charge >= 0.3 is 0 Å². The van der Waals surface area contributed by atoms with Crippen molar-refractivity contribution in [3.8, 4) is 0 Å². The van der Waals surface area contributed by atoms with E-state index in [1.165, 1.54) is 22.3 Å². The fourth-order valence-corrected chi connectivity index (χ4v) is 2.84. The van der Waals surface area contributed by atoms with Crippen molar-refractivity contribution in [2.24, 2.45) is 0 Å². The van der Waals surface area contributed by atoms with Crippen molar-refractivity contribution in [3.63, 3.8) is 0 Å². The molecular formula is C21H21N. The zero-order valence-corrected chi connectivity index (χ0v) is 13.1. The average molecular weight is 287 g/mol. The number of benzene rings is 3. The van der Waals surface area contributed by atoms with Crippen molar-refractivity contribution >= 4 is 5.69 Å². The summed E-state index contributed by atoms with van der Waals surface area (Å²) in [6.07, 6.45) is 0. The summed E-state index contributed by atoms with van der Waals surface area (Å²) < 4.78 is 0. The standard InChI is InChI=1S/C21H21N/c1-15-7-11-17(12-8-15)21(18-13-9-16(2)10-14-18)19-5-3-4-6-20(19)22/h3-14,21H,22H2,1-2H3. The van der Waals surface area contributed by atoms with E-state index in [4.69, 9.17) is 5.73 Å². The smallest absolute Gasteiger partial charge is 0.0360 e. The highest BCUT2D eigenvalue weighted by atomic mass is 14.6. The van der Waals surface area contributed by atoms with E-state index < -0.39 is 0 Å². The SMILES string of the molecule is Cc1ccc(C(c2ccc(C)cc2)c2ccccc2N)cc1. The third-order valence-electron chi connectivity index (χ3n) is 4.13. The Labute approximate surface area is 132 Å². The number of para-hydroxylation sites is 1. The van der Waals surface area contributed by atoms with Crippen molar-refractivity contribution < 1.29 is 0 Å². The third kappa shape index (κ3) is 2.89. The molecule has 3 aromatic carbocycles. The van der Waals surface area contributed by atoms with Gasteiger partial charge in [0, 0.05) is 11.6 Å². The maximum absolute atomic E-state index is 6.26. The van der Waals surface area contributed by atoms with Crippen LogP contribution in [0.3, 0.4) is 0 Å². The molecule has 1 heteroatoms. The van der Waals surface area contributed by atoms with Gasteiger partial charge in [-0.25, -0.2) is 0 Å². The molecule has 0 amide bonds. The molecule has 0 radical (unpaired) electrons. The molecule has 0 saturated heterocycles. The lowest BCUT2D eigenvalue weighted by atomic mass is 9.84. The summed E-state index contributed by atoms with van der Waals surface area (Å²) in [5, 5.41) is 0. The molecule has 0 unspecified atom stereocenters. The van der Waals surface area contributed by atoms with Crippen molar-refractivity contribution in [1.82, 2.24) is 0 Å². The number of nitrogen functional groups attached to an aromatic ring is 1. The lowest BCUT2D eigenvalue weighted by molar-refractivity contribution is 0.978. The topological polar surface area (TPSA) is 26.0 Å². The second-order valence-corrected chi connectivity index (χ2v) is 5.88. The molecule has 0 fully saturated rings. The van der Waals surface area contributed by atoms with Crippen molar-refractivity contribution in [3.05, 3.63) is 101 Å². The lowest BCUT2D eigenvalue weighted by Gasteiger charge is -2.21. The Morgan fingerprint density at radius 1 is 0.636 bits per heavy atom. The molecule has 2 N–H and O–H groups in total. The van der Waals surface area contributed by atoms with Crippen LogP contribution in [0.2, 0.25) is 0 Å². The lowest BCUT2D eigenvalue weighted by Crippen LogP contribution is -2.06. The van der Waals surface area contributed by atoms with Crippen molar-refractivity contribution in [2.75, 3.05) is 5.73 Å². The molecular weight excluding hydrogens is 266 g/mol. The molecule has 3 aromatic rings. The highest BCUT2D eigenvalue weighted by Crippen LogP contribution is 2.35. The quantitative estimate of drug-likeness (QED) is 0.528. The molecule has 0 aliphatic carbocycles. The molecule has 0 aromatic heterocycles. The van der Waals surface area contributed by atoms with Crippen LogP contribution in [-0.4, -0.2) is 0 Å². The fraction of sp³-hybridized carbons (Fsp3) is 0.143. The van der Waals surface area contributed by atoms with E-state index in [1.807, 2.05) is 12.1 Å². The van der Waals surface area contributed by atoms with Crippen LogP contribution in [-0.2, 0) is 0 Å². The van der Waals surface area contributed by atoms with Gasteiger partial charge in [0.1, 0.15) is 0 Å². The summed E-state index contributed by atoms with van der Waals surface area (Å²) in [7, 11) is 0. The molecule has 1 nitrogen and oxygen atoms in total. The highest BCUT2D eigenvalue weighted by molar-refractivity contribution is 5.56. The first-order valence-corrected chi connectivity index (χ1v) is 7.62. The number of hydrogen-bond acceptors (Lipinski definition) is 1. The number of anilines is 1. The van der Waals surface area contributed by atoms with Crippen LogP contribution in [0.15, 0.2) is 72.8 Å². The van der Waals surface area contributed by atoms with E-state index in [2.05, 4.69) is 74.5 Å². The average Bonchev–Trinajstić information content (AvgIpc) is 2.53. The largest absolute Gasteiger partial charge is 0.398 e. The molecule has 0 spiro atoms. The third-order valence-corrected chi connectivity index (χ3v) is 4.13. The van der Waals surface area contributed by atoms with Gasteiger partial charge in [0.2, 0.25) is 0 Å². The van der Waals surface area contributed by atoms with Gasteiger partial charge in [-0.3, -0.25) is 0 Å². The predicted octanol–water partition coefficient (Wildman–Crippen LogP) is 5.07. The Morgan fingerprint density at radius 2 is 1.09 bits per heavy atom. The molecule has 22 heavy (non-hydrogen) atoms. The summed E-state index contributed by atoms with van der Waals surface area (Å²) in [5.41, 5.74) is 13.3. The van der Waals surface area contributed by atoms with Crippen LogP contribution >= 0.6 is 0 Å². The second-order valence-electron chi connectivity index (χ2n) is 5.88. The first-order valence-electron chi connectivity index (χ1n) is 7.62. The predicted molar refractivity (Wildman–Crippen MR) is 94.2 cm³/mol. The van der Waals surface area contributed by atoms with E-state index in [0.717, 1.165) is 11.3 Å². The van der Waals surface area contributed by atoms with E-state index in [9.17, 15) is 0 Å². The van der Waals surface area contributed by atoms with Crippen molar-refractivity contribution in [2.45, 2.75) is 19.8 Å². The summed E-state index contributed by atoms with van der Waals surface area (Å²) in [5.74, 6) is 0.169. The Balaban J connectivity index is 2.16. The number of hydrogen-bond donors (Lipinski definition) is 1. The molecule has 0 aliphatic heterocycles. The number of rotatable bonds is 3. The van der Waals surface area contributed by atoms with Gasteiger partial charge < -0.3 is 5.73 Å².